The van der Waals surface area contributed by atoms with Crippen LogP contribution >= 0.6 is 23.4 Å². The highest BCUT2D eigenvalue weighted by Crippen LogP contribution is 2.21. The Morgan fingerprint density at radius 3 is 2.56 bits per heavy atom. The fraction of sp³-hybridized carbons (Fsp3) is 0.200. The van der Waals surface area contributed by atoms with Crippen molar-refractivity contribution in [2.45, 2.75) is 25.2 Å². The van der Waals surface area contributed by atoms with Gasteiger partial charge in [-0.05, 0) is 36.8 Å². The summed E-state index contributed by atoms with van der Waals surface area (Å²) in [6, 6.07) is 15.2. The van der Waals surface area contributed by atoms with Crippen molar-refractivity contribution < 1.29 is 9.90 Å². The lowest BCUT2D eigenvalue weighted by atomic mass is 10.1. The average molecular weight is 402 g/mol. The number of carbonyl (C=O) groups excluding carboxylic acids is 1. The molecule has 2 aromatic carbocycles. The Hall–Kier alpha value is -2.28. The molecule has 1 aromatic heterocycles. The number of imidazole rings is 1. The highest BCUT2D eigenvalue weighted by molar-refractivity contribution is 7.99. The van der Waals surface area contributed by atoms with Crippen LogP contribution in [0.15, 0.2) is 59.9 Å². The van der Waals surface area contributed by atoms with Crippen molar-refractivity contribution in [3.05, 3.63) is 76.6 Å². The molecule has 0 aliphatic heterocycles. The first-order valence-electron chi connectivity index (χ1n) is 8.44. The molecule has 0 unspecified atom stereocenters. The van der Waals surface area contributed by atoms with Gasteiger partial charge in [0.05, 0.1) is 18.1 Å². The second-order valence-electron chi connectivity index (χ2n) is 6.13. The molecular formula is C20H20ClN3O2S. The molecular weight excluding hydrogens is 382 g/mol. The lowest BCUT2D eigenvalue weighted by Gasteiger charge is -2.08. The number of aliphatic hydroxyl groups excluding tert-OH is 1. The van der Waals surface area contributed by atoms with Crippen molar-refractivity contribution in [2.24, 2.45) is 0 Å². The minimum atomic E-state index is -0.134. The van der Waals surface area contributed by atoms with E-state index < -0.39 is 0 Å². The third-order valence-corrected chi connectivity index (χ3v) is 5.13. The maximum atomic E-state index is 12.2. The normalized spacial score (nSPS) is 10.8. The number of aliphatic hydroxyl groups is 1. The number of aromatic nitrogens is 2. The summed E-state index contributed by atoms with van der Waals surface area (Å²) >= 11 is 7.19. The van der Waals surface area contributed by atoms with Crippen LogP contribution in [0.3, 0.4) is 0 Å². The van der Waals surface area contributed by atoms with Gasteiger partial charge in [-0.15, -0.1) is 0 Å². The van der Waals surface area contributed by atoms with E-state index in [1.165, 1.54) is 17.3 Å². The van der Waals surface area contributed by atoms with Crippen LogP contribution in [0, 0.1) is 6.92 Å². The average Bonchev–Trinajstić information content (AvgIpc) is 3.06. The van der Waals surface area contributed by atoms with Gasteiger partial charge in [-0.1, -0.05) is 53.2 Å². The van der Waals surface area contributed by atoms with E-state index in [2.05, 4.69) is 34.6 Å². The number of anilines is 1. The lowest BCUT2D eigenvalue weighted by Crippen LogP contribution is -2.14. The molecule has 5 nitrogen and oxygen atoms in total. The van der Waals surface area contributed by atoms with Gasteiger partial charge in [0.2, 0.25) is 5.91 Å². The Morgan fingerprint density at radius 2 is 1.89 bits per heavy atom. The number of hydrogen-bond donors (Lipinski definition) is 2. The fourth-order valence-corrected chi connectivity index (χ4v) is 3.43. The number of nitrogens with zero attached hydrogens (tertiary/aromatic N) is 2. The fourth-order valence-electron chi connectivity index (χ4n) is 2.51. The second kappa shape index (κ2) is 9.08. The predicted molar refractivity (Wildman–Crippen MR) is 109 cm³/mol. The van der Waals surface area contributed by atoms with Gasteiger partial charge in [-0.2, -0.15) is 0 Å². The third-order valence-electron chi connectivity index (χ3n) is 3.89. The highest BCUT2D eigenvalue weighted by Gasteiger charge is 2.12. The molecule has 0 atom stereocenters. The topological polar surface area (TPSA) is 67.1 Å². The van der Waals surface area contributed by atoms with Crippen molar-refractivity contribution in [2.75, 3.05) is 11.1 Å². The van der Waals surface area contributed by atoms with E-state index in [0.29, 0.717) is 28.1 Å². The van der Waals surface area contributed by atoms with Crippen molar-refractivity contribution in [1.82, 2.24) is 9.55 Å². The van der Waals surface area contributed by atoms with Crippen molar-refractivity contribution >= 4 is 35.0 Å². The molecule has 3 aromatic rings. The Morgan fingerprint density at radius 1 is 1.19 bits per heavy atom. The summed E-state index contributed by atoms with van der Waals surface area (Å²) in [6.45, 7) is 2.55. The molecule has 0 saturated carbocycles. The van der Waals surface area contributed by atoms with Crippen LogP contribution in [0.25, 0.3) is 0 Å². The third kappa shape index (κ3) is 5.60. The number of thioether (sulfide) groups is 1. The van der Waals surface area contributed by atoms with Gasteiger partial charge in [0.1, 0.15) is 0 Å². The predicted octanol–water partition coefficient (Wildman–Crippen LogP) is 4.12. The number of nitrogens with one attached hydrogen (secondary N) is 1. The quantitative estimate of drug-likeness (QED) is 0.584. The molecule has 0 aliphatic rings. The maximum Gasteiger partial charge on any atom is 0.234 e. The van der Waals surface area contributed by atoms with E-state index in [0.717, 1.165) is 5.56 Å². The smallest absolute Gasteiger partial charge is 0.234 e. The monoisotopic (exact) mass is 401 g/mol. The number of rotatable bonds is 7. The number of hydrogen-bond acceptors (Lipinski definition) is 4. The van der Waals surface area contributed by atoms with Crippen LogP contribution in [-0.2, 0) is 17.9 Å². The molecule has 0 bridgehead atoms. The van der Waals surface area contributed by atoms with Gasteiger partial charge in [-0.3, -0.25) is 4.79 Å². The van der Waals surface area contributed by atoms with Crippen molar-refractivity contribution in [3.63, 3.8) is 0 Å². The minimum absolute atomic E-state index is 0.127. The van der Waals surface area contributed by atoms with E-state index in [1.54, 1.807) is 24.3 Å². The molecule has 140 valence electrons. The molecule has 0 saturated heterocycles. The van der Waals surface area contributed by atoms with E-state index >= 15 is 0 Å². The largest absolute Gasteiger partial charge is 0.390 e. The first-order chi connectivity index (χ1) is 13.0. The Labute approximate surface area is 167 Å². The molecule has 3 rings (SSSR count). The van der Waals surface area contributed by atoms with E-state index in [-0.39, 0.29) is 18.3 Å². The Kier molecular flexibility index (Phi) is 6.55. The summed E-state index contributed by atoms with van der Waals surface area (Å²) in [5.41, 5.74) is 3.62. The summed E-state index contributed by atoms with van der Waals surface area (Å²) in [5.74, 6) is 0.0936. The van der Waals surface area contributed by atoms with Gasteiger partial charge < -0.3 is 15.0 Å². The van der Waals surface area contributed by atoms with Crippen LogP contribution in [0.4, 0.5) is 5.69 Å². The Bertz CT molecular complexity index is 908. The first kappa shape index (κ1) is 19.5. The lowest BCUT2D eigenvalue weighted by molar-refractivity contribution is -0.113. The standard InChI is InChI=1S/C20H20ClN3O2S/c1-14-2-4-15(5-3-14)10-24-11-18(12-25)23-20(24)27-13-19(26)22-17-8-6-16(21)7-9-17/h2-9,11,25H,10,12-13H2,1H3,(H,22,26). The Balaban J connectivity index is 1.64. The molecule has 2 N–H and O–H groups in total. The molecule has 1 heterocycles. The van der Waals surface area contributed by atoms with Gasteiger partial charge in [-0.25, -0.2) is 4.98 Å². The SMILES string of the molecule is Cc1ccc(Cn2cc(CO)nc2SCC(=O)Nc2ccc(Cl)cc2)cc1. The molecule has 0 fully saturated rings. The van der Waals surface area contributed by atoms with Crippen LogP contribution in [0.1, 0.15) is 16.8 Å². The van der Waals surface area contributed by atoms with Gasteiger partial charge in [0.25, 0.3) is 0 Å². The number of amides is 1. The van der Waals surface area contributed by atoms with Gasteiger partial charge >= 0.3 is 0 Å². The second-order valence-corrected chi connectivity index (χ2v) is 7.51. The zero-order chi connectivity index (χ0) is 19.2. The van der Waals surface area contributed by atoms with Crippen LogP contribution in [-0.4, -0.2) is 26.3 Å². The van der Waals surface area contributed by atoms with Crippen LogP contribution in [0.2, 0.25) is 5.02 Å². The number of aryl methyl sites for hydroxylation is 1. The van der Waals surface area contributed by atoms with E-state index in [1.807, 2.05) is 17.7 Å². The summed E-state index contributed by atoms with van der Waals surface area (Å²) in [4.78, 5) is 16.6. The van der Waals surface area contributed by atoms with E-state index in [9.17, 15) is 9.90 Å². The molecule has 7 heteroatoms. The maximum absolute atomic E-state index is 12.2. The van der Waals surface area contributed by atoms with E-state index in [4.69, 9.17) is 11.6 Å². The van der Waals surface area contributed by atoms with Gasteiger partial charge in [0, 0.05) is 23.5 Å². The minimum Gasteiger partial charge on any atom is -0.390 e. The zero-order valence-corrected chi connectivity index (χ0v) is 16.4. The molecule has 0 spiro atoms. The van der Waals surface area contributed by atoms with Crippen molar-refractivity contribution in [3.8, 4) is 0 Å². The molecule has 27 heavy (non-hydrogen) atoms. The zero-order valence-electron chi connectivity index (χ0n) is 14.9. The van der Waals surface area contributed by atoms with Gasteiger partial charge in [0.15, 0.2) is 5.16 Å². The molecule has 0 aliphatic carbocycles. The summed E-state index contributed by atoms with van der Waals surface area (Å²) in [7, 11) is 0. The number of benzene rings is 2. The number of halogens is 1. The number of carbonyl (C=O) groups is 1. The summed E-state index contributed by atoms with van der Waals surface area (Å²) in [6.07, 6.45) is 1.82. The van der Waals surface area contributed by atoms with Crippen LogP contribution in [0.5, 0.6) is 0 Å². The molecule has 0 radical (unpaired) electrons. The van der Waals surface area contributed by atoms with Crippen LogP contribution < -0.4 is 5.32 Å². The highest BCUT2D eigenvalue weighted by atomic mass is 35.5. The first-order valence-corrected chi connectivity index (χ1v) is 9.80. The molecule has 1 amide bonds. The summed E-state index contributed by atoms with van der Waals surface area (Å²) in [5, 5.41) is 13.6. The van der Waals surface area contributed by atoms with Crippen molar-refractivity contribution in [1.29, 1.82) is 0 Å². The summed E-state index contributed by atoms with van der Waals surface area (Å²) < 4.78 is 1.95.